The van der Waals surface area contributed by atoms with Crippen LogP contribution in [0.5, 0.6) is 5.75 Å². The minimum Gasteiger partial charge on any atom is -0.496 e. The number of carbonyl (C=O) groups is 4. The molecule has 1 saturated heterocycles. The molecule has 2 heterocycles. The third-order valence-electron chi connectivity index (χ3n) is 10.9. The standard InChI is InChI=1S/C40H59N3O10S/c1-23(2)54-17-16-35(44)42(9)28(7)37(46)53-34-21-36(45)43(10)30-19-29(20-31(50-11)26(30)5)18-24(3)14-13-15-33(51-12)40(49)22-32(52-38(47)41-40)25(4)27(6)39(34,8)48/h13-15,19-20,25,27-28,32-34,48-49H,1,16-18,21-22H2,2-12H3,(H,41,47)/b15-13+,24-14+/t25-,27-,28-,32-,33+,34-,39+,40-/m0/s1. The van der Waals surface area contributed by atoms with E-state index in [0.29, 0.717) is 29.2 Å². The number of methoxy groups -OCH3 is 2. The lowest BCUT2D eigenvalue weighted by atomic mass is 9.73. The van der Waals surface area contributed by atoms with Gasteiger partial charge in [-0.1, -0.05) is 44.2 Å². The molecule has 0 radical (unpaired) electrons. The molecule has 0 aromatic heterocycles. The molecule has 300 valence electrons. The summed E-state index contributed by atoms with van der Waals surface area (Å²) in [5.41, 5.74) is -0.669. The number of benzene rings is 1. The number of esters is 1. The Labute approximate surface area is 324 Å². The van der Waals surface area contributed by atoms with Gasteiger partial charge in [-0.2, -0.15) is 0 Å². The van der Waals surface area contributed by atoms with Crippen LogP contribution in [0.4, 0.5) is 10.5 Å². The number of nitrogens with zero attached hydrogens (tertiary/aromatic N) is 2. The summed E-state index contributed by atoms with van der Waals surface area (Å²) >= 11 is 1.44. The molecule has 8 atom stereocenters. The van der Waals surface area contributed by atoms with Gasteiger partial charge in [-0.05, 0) is 75.5 Å². The summed E-state index contributed by atoms with van der Waals surface area (Å²) in [6.45, 7) is 15.9. The van der Waals surface area contributed by atoms with Gasteiger partial charge in [0.05, 0.1) is 19.2 Å². The van der Waals surface area contributed by atoms with Crippen LogP contribution in [0.25, 0.3) is 0 Å². The predicted octanol–water partition coefficient (Wildman–Crippen LogP) is 5.06. The number of anilines is 1. The number of likely N-dealkylation sites (N-methyl/N-ethyl adjacent to an activating group) is 1. The molecule has 0 unspecified atom stereocenters. The average molecular weight is 774 g/mol. The normalized spacial score (nSPS) is 30.2. The number of aliphatic hydroxyl groups is 2. The van der Waals surface area contributed by atoms with Crippen molar-refractivity contribution >= 4 is 41.3 Å². The number of allylic oxidation sites excluding steroid dienone is 4. The third kappa shape index (κ3) is 10.7. The van der Waals surface area contributed by atoms with Gasteiger partial charge in [0.15, 0.2) is 5.72 Å². The van der Waals surface area contributed by atoms with Gasteiger partial charge in [0.1, 0.15) is 35.7 Å². The first-order valence-electron chi connectivity index (χ1n) is 18.2. The number of thioether (sulfide) groups is 1. The van der Waals surface area contributed by atoms with E-state index < -0.39 is 71.9 Å². The summed E-state index contributed by atoms with van der Waals surface area (Å²) in [6, 6.07) is 2.74. The number of ether oxygens (including phenoxy) is 4. The van der Waals surface area contributed by atoms with Crippen LogP contribution < -0.4 is 15.0 Å². The molecular weight excluding hydrogens is 715 g/mol. The third-order valence-corrected chi connectivity index (χ3v) is 11.8. The zero-order valence-corrected chi connectivity index (χ0v) is 34.4. The number of carbonyl (C=O) groups excluding carboxylic acids is 4. The number of alkyl carbamates (subject to hydrolysis) is 1. The molecule has 4 bridgehead atoms. The highest BCUT2D eigenvalue weighted by atomic mass is 32.2. The highest BCUT2D eigenvalue weighted by Crippen LogP contribution is 2.39. The van der Waals surface area contributed by atoms with Crippen LogP contribution in [0.2, 0.25) is 0 Å². The van der Waals surface area contributed by atoms with Crippen LogP contribution >= 0.6 is 11.8 Å². The number of hydrogen-bond donors (Lipinski definition) is 3. The molecule has 1 fully saturated rings. The first-order valence-corrected chi connectivity index (χ1v) is 19.1. The molecule has 0 spiro atoms. The van der Waals surface area contributed by atoms with Crippen LogP contribution in [0, 0.1) is 18.8 Å². The lowest BCUT2D eigenvalue weighted by Crippen LogP contribution is -2.64. The topological polar surface area (TPSA) is 164 Å². The number of rotatable bonds is 9. The van der Waals surface area contributed by atoms with Crippen molar-refractivity contribution in [3.63, 3.8) is 0 Å². The van der Waals surface area contributed by atoms with Crippen molar-refractivity contribution in [2.24, 2.45) is 11.8 Å². The summed E-state index contributed by atoms with van der Waals surface area (Å²) in [7, 11) is 6.09. The van der Waals surface area contributed by atoms with E-state index in [2.05, 4.69) is 11.9 Å². The minimum atomic E-state index is -1.89. The molecule has 3 amide bonds. The van der Waals surface area contributed by atoms with Gasteiger partial charge in [-0.3, -0.25) is 14.9 Å². The Balaban J connectivity index is 2.12. The van der Waals surface area contributed by atoms with E-state index in [0.717, 1.165) is 16.0 Å². The summed E-state index contributed by atoms with van der Waals surface area (Å²) in [5.74, 6) is -1.89. The Morgan fingerprint density at radius 3 is 2.48 bits per heavy atom. The highest BCUT2D eigenvalue weighted by molar-refractivity contribution is 8.03. The van der Waals surface area contributed by atoms with E-state index in [9.17, 15) is 29.4 Å². The molecule has 13 nitrogen and oxygen atoms in total. The zero-order valence-electron chi connectivity index (χ0n) is 33.6. The van der Waals surface area contributed by atoms with E-state index in [-0.39, 0.29) is 18.7 Å². The average Bonchev–Trinajstić information content (AvgIpc) is 3.10. The first-order chi connectivity index (χ1) is 25.2. The molecule has 3 N–H and O–H groups in total. The van der Waals surface area contributed by atoms with E-state index in [4.69, 9.17) is 18.9 Å². The molecule has 1 aromatic carbocycles. The van der Waals surface area contributed by atoms with Crippen molar-refractivity contribution in [3.8, 4) is 5.75 Å². The van der Waals surface area contributed by atoms with Gasteiger partial charge in [0.2, 0.25) is 11.8 Å². The number of nitrogens with one attached hydrogen (secondary N) is 1. The molecule has 14 heteroatoms. The summed E-state index contributed by atoms with van der Waals surface area (Å²) < 4.78 is 23.0. The van der Waals surface area contributed by atoms with Gasteiger partial charge in [-0.15, -0.1) is 11.8 Å². The monoisotopic (exact) mass is 773 g/mol. The fraction of sp³-hybridized carbons (Fsp3) is 0.600. The zero-order chi connectivity index (χ0) is 40.7. The summed E-state index contributed by atoms with van der Waals surface area (Å²) in [4.78, 5) is 57.5. The smallest absolute Gasteiger partial charge is 0.409 e. The second kappa shape index (κ2) is 18.7. The molecule has 0 saturated carbocycles. The predicted molar refractivity (Wildman–Crippen MR) is 209 cm³/mol. The fourth-order valence-electron chi connectivity index (χ4n) is 6.80. The highest BCUT2D eigenvalue weighted by Gasteiger charge is 2.51. The van der Waals surface area contributed by atoms with Gasteiger partial charge in [0.25, 0.3) is 0 Å². The second-order valence-electron chi connectivity index (χ2n) is 14.8. The van der Waals surface area contributed by atoms with Crippen molar-refractivity contribution in [2.75, 3.05) is 39.0 Å². The Hall–Kier alpha value is -3.85. The molecule has 1 aromatic rings. The van der Waals surface area contributed by atoms with Crippen LogP contribution in [0.15, 0.2) is 47.4 Å². The quantitative estimate of drug-likeness (QED) is 0.288. The number of fused-ring (bicyclic) bond motifs is 4. The summed E-state index contributed by atoms with van der Waals surface area (Å²) in [6.07, 6.45) is 1.24. The van der Waals surface area contributed by atoms with E-state index >= 15 is 0 Å². The van der Waals surface area contributed by atoms with Gasteiger partial charge in [-0.25, -0.2) is 9.59 Å². The van der Waals surface area contributed by atoms with E-state index in [1.165, 1.54) is 49.6 Å². The minimum absolute atomic E-state index is 0.101. The first kappa shape index (κ1) is 44.5. The largest absolute Gasteiger partial charge is 0.496 e. The Bertz CT molecular complexity index is 1630. The fourth-order valence-corrected chi connectivity index (χ4v) is 7.42. The maximum atomic E-state index is 14.2. The second-order valence-corrected chi connectivity index (χ2v) is 16.2. The Morgan fingerprint density at radius 2 is 1.87 bits per heavy atom. The molecule has 0 aliphatic carbocycles. The van der Waals surface area contributed by atoms with Crippen molar-refractivity contribution in [1.82, 2.24) is 10.2 Å². The lowest BCUT2D eigenvalue weighted by Gasteiger charge is -2.46. The van der Waals surface area contributed by atoms with E-state index in [1.807, 2.05) is 39.0 Å². The van der Waals surface area contributed by atoms with Gasteiger partial charge >= 0.3 is 12.1 Å². The maximum Gasteiger partial charge on any atom is 0.409 e. The van der Waals surface area contributed by atoms with Crippen LogP contribution in [-0.4, -0.2) is 109 Å². The number of hydrogen-bond acceptors (Lipinski definition) is 11. The Kier molecular flexibility index (Phi) is 15.4. The van der Waals surface area contributed by atoms with Crippen LogP contribution in [0.1, 0.15) is 71.9 Å². The van der Waals surface area contributed by atoms with E-state index in [1.54, 1.807) is 40.2 Å². The van der Waals surface area contributed by atoms with Crippen molar-refractivity contribution in [1.29, 1.82) is 0 Å². The van der Waals surface area contributed by atoms with Crippen molar-refractivity contribution in [2.45, 2.75) is 110 Å². The lowest BCUT2D eigenvalue weighted by molar-refractivity contribution is -0.186. The SMILES string of the molecule is C=C(C)SCCC(=O)N(C)[C@@H](C)C(=O)O[C@H]1CC(=O)N(C)c2cc(cc(OC)c2C)C/C(C)=C/C=C/[C@@H](OC)[C@@]2(O)C[C@H](OC(=O)N2)[C@@H](C)[C@H](C)[C@@]1(C)O. The molecule has 54 heavy (non-hydrogen) atoms. The van der Waals surface area contributed by atoms with Crippen LogP contribution in [0.3, 0.4) is 0 Å². The van der Waals surface area contributed by atoms with Gasteiger partial charge < -0.3 is 39.0 Å². The summed E-state index contributed by atoms with van der Waals surface area (Å²) in [5, 5.41) is 26.6. The molecular formula is C40H59N3O10S. The molecule has 2 aliphatic heterocycles. The Morgan fingerprint density at radius 1 is 1.20 bits per heavy atom. The molecule has 2 aliphatic rings. The van der Waals surface area contributed by atoms with Crippen LogP contribution in [-0.2, 0) is 35.0 Å². The number of amides is 3. The van der Waals surface area contributed by atoms with Gasteiger partial charge in [0, 0.05) is 45.4 Å². The molecule has 3 rings (SSSR count). The maximum absolute atomic E-state index is 14.2. The van der Waals surface area contributed by atoms with Crippen molar-refractivity contribution in [3.05, 3.63) is 58.5 Å². The van der Waals surface area contributed by atoms with Crippen molar-refractivity contribution < 1.29 is 48.3 Å².